The standard InChI is InChI=1S/C14H22N2O6S/c1-10(14(17)15-7-8-20-2)16-23(18,19)11-5-6-12(21-3)13(9-11)22-4/h5-6,9-10,16H,7-8H2,1-4H3,(H,15,17). The molecule has 1 aromatic carbocycles. The molecule has 130 valence electrons. The SMILES string of the molecule is COCCNC(=O)C(C)NS(=O)(=O)c1ccc(OC)c(OC)c1. The lowest BCUT2D eigenvalue weighted by molar-refractivity contribution is -0.122. The minimum absolute atomic E-state index is 0.0216. The van der Waals surface area contributed by atoms with Crippen LogP contribution in [0.25, 0.3) is 0 Å². The van der Waals surface area contributed by atoms with Gasteiger partial charge < -0.3 is 19.5 Å². The second-order valence-electron chi connectivity index (χ2n) is 4.64. The Morgan fingerprint density at radius 3 is 2.39 bits per heavy atom. The van der Waals surface area contributed by atoms with Crippen molar-refractivity contribution in [2.75, 3.05) is 34.5 Å². The zero-order valence-corrected chi connectivity index (χ0v) is 14.4. The van der Waals surface area contributed by atoms with Crippen LogP contribution in [-0.2, 0) is 19.6 Å². The second kappa shape index (κ2) is 8.70. The molecule has 1 atom stereocenters. The molecule has 1 amide bonds. The largest absolute Gasteiger partial charge is 0.493 e. The Morgan fingerprint density at radius 1 is 1.17 bits per heavy atom. The van der Waals surface area contributed by atoms with Crippen LogP contribution in [0.5, 0.6) is 11.5 Å². The average Bonchev–Trinajstić information content (AvgIpc) is 2.53. The first kappa shape index (κ1) is 19.2. The highest BCUT2D eigenvalue weighted by molar-refractivity contribution is 7.89. The summed E-state index contributed by atoms with van der Waals surface area (Å²) >= 11 is 0. The molecule has 8 nitrogen and oxygen atoms in total. The number of ether oxygens (including phenoxy) is 3. The number of hydrogen-bond donors (Lipinski definition) is 2. The van der Waals surface area contributed by atoms with Gasteiger partial charge in [-0.15, -0.1) is 0 Å². The molecule has 2 N–H and O–H groups in total. The molecule has 1 aromatic rings. The van der Waals surface area contributed by atoms with Crippen molar-refractivity contribution in [2.45, 2.75) is 17.9 Å². The molecule has 0 aliphatic rings. The molecule has 1 unspecified atom stereocenters. The molecule has 1 rings (SSSR count). The zero-order chi connectivity index (χ0) is 17.5. The quantitative estimate of drug-likeness (QED) is 0.616. The third-order valence-corrected chi connectivity index (χ3v) is 4.53. The topological polar surface area (TPSA) is 103 Å². The highest BCUT2D eigenvalue weighted by atomic mass is 32.2. The molecule has 0 aliphatic heterocycles. The van der Waals surface area contributed by atoms with Gasteiger partial charge in [-0.05, 0) is 19.1 Å². The minimum Gasteiger partial charge on any atom is -0.493 e. The first-order valence-corrected chi connectivity index (χ1v) is 8.35. The van der Waals surface area contributed by atoms with E-state index in [-0.39, 0.29) is 10.6 Å². The Hall–Kier alpha value is -1.84. The van der Waals surface area contributed by atoms with Crippen LogP contribution in [0.1, 0.15) is 6.92 Å². The fourth-order valence-corrected chi connectivity index (χ4v) is 2.99. The molecule has 0 saturated heterocycles. The first-order chi connectivity index (χ1) is 10.9. The Bertz CT molecular complexity index is 632. The van der Waals surface area contributed by atoms with E-state index in [1.165, 1.54) is 46.5 Å². The van der Waals surface area contributed by atoms with Crippen molar-refractivity contribution in [1.82, 2.24) is 10.0 Å². The van der Waals surface area contributed by atoms with Gasteiger partial charge in [0.15, 0.2) is 11.5 Å². The Morgan fingerprint density at radius 2 is 1.83 bits per heavy atom. The van der Waals surface area contributed by atoms with Gasteiger partial charge in [0.2, 0.25) is 15.9 Å². The summed E-state index contributed by atoms with van der Waals surface area (Å²) in [4.78, 5) is 11.8. The van der Waals surface area contributed by atoms with Crippen LogP contribution in [0.15, 0.2) is 23.1 Å². The van der Waals surface area contributed by atoms with E-state index in [1.54, 1.807) is 0 Å². The van der Waals surface area contributed by atoms with Crippen molar-refractivity contribution in [3.05, 3.63) is 18.2 Å². The van der Waals surface area contributed by atoms with E-state index in [9.17, 15) is 13.2 Å². The van der Waals surface area contributed by atoms with Crippen molar-refractivity contribution >= 4 is 15.9 Å². The Balaban J connectivity index is 2.84. The van der Waals surface area contributed by atoms with Crippen molar-refractivity contribution in [2.24, 2.45) is 0 Å². The smallest absolute Gasteiger partial charge is 0.241 e. The normalized spacial score (nSPS) is 12.5. The number of carbonyl (C=O) groups excluding carboxylic acids is 1. The second-order valence-corrected chi connectivity index (χ2v) is 6.36. The molecule has 9 heteroatoms. The van der Waals surface area contributed by atoms with Gasteiger partial charge in [-0.1, -0.05) is 0 Å². The third-order valence-electron chi connectivity index (χ3n) is 3.00. The van der Waals surface area contributed by atoms with Gasteiger partial charge >= 0.3 is 0 Å². The van der Waals surface area contributed by atoms with Gasteiger partial charge in [-0.3, -0.25) is 4.79 Å². The van der Waals surface area contributed by atoms with Gasteiger partial charge in [-0.2, -0.15) is 4.72 Å². The van der Waals surface area contributed by atoms with Gasteiger partial charge in [-0.25, -0.2) is 8.42 Å². The summed E-state index contributed by atoms with van der Waals surface area (Å²) in [5.74, 6) is 0.260. The lowest BCUT2D eigenvalue weighted by atomic mass is 10.3. The van der Waals surface area contributed by atoms with Gasteiger partial charge in [0.1, 0.15) is 0 Å². The highest BCUT2D eigenvalue weighted by Crippen LogP contribution is 2.29. The van der Waals surface area contributed by atoms with E-state index in [0.29, 0.717) is 18.9 Å². The fourth-order valence-electron chi connectivity index (χ4n) is 1.77. The number of benzene rings is 1. The van der Waals surface area contributed by atoms with E-state index in [4.69, 9.17) is 14.2 Å². The maximum Gasteiger partial charge on any atom is 0.241 e. The monoisotopic (exact) mass is 346 g/mol. The van der Waals surface area contributed by atoms with Crippen LogP contribution in [0.3, 0.4) is 0 Å². The molecule has 0 aliphatic carbocycles. The van der Waals surface area contributed by atoms with Crippen molar-refractivity contribution < 1.29 is 27.4 Å². The summed E-state index contributed by atoms with van der Waals surface area (Å²) in [5, 5.41) is 2.56. The predicted molar refractivity (Wildman–Crippen MR) is 84.2 cm³/mol. The van der Waals surface area contributed by atoms with Crippen LogP contribution in [0.4, 0.5) is 0 Å². The van der Waals surface area contributed by atoms with E-state index in [0.717, 1.165) is 0 Å². The third kappa shape index (κ3) is 5.38. The molecule has 0 bridgehead atoms. The van der Waals surface area contributed by atoms with Crippen LogP contribution in [-0.4, -0.2) is 54.8 Å². The van der Waals surface area contributed by atoms with Crippen molar-refractivity contribution in [3.63, 3.8) is 0 Å². The lowest BCUT2D eigenvalue weighted by Crippen LogP contribution is -2.45. The van der Waals surface area contributed by atoms with Gasteiger partial charge in [0.05, 0.1) is 31.8 Å². The van der Waals surface area contributed by atoms with Crippen molar-refractivity contribution in [3.8, 4) is 11.5 Å². The summed E-state index contributed by atoms with van der Waals surface area (Å²) < 4.78 is 41.9. The molecular formula is C14H22N2O6S. The summed E-state index contributed by atoms with van der Waals surface area (Å²) in [6, 6.07) is 3.26. The summed E-state index contributed by atoms with van der Waals surface area (Å²) in [6.07, 6.45) is 0. The number of amides is 1. The number of hydrogen-bond acceptors (Lipinski definition) is 6. The maximum absolute atomic E-state index is 12.3. The first-order valence-electron chi connectivity index (χ1n) is 6.86. The molecule has 0 aromatic heterocycles. The molecular weight excluding hydrogens is 324 g/mol. The Labute approximate surface area is 136 Å². The number of methoxy groups -OCH3 is 3. The lowest BCUT2D eigenvalue weighted by Gasteiger charge is -2.15. The van der Waals surface area contributed by atoms with E-state index in [1.807, 2.05) is 0 Å². The zero-order valence-electron chi connectivity index (χ0n) is 13.6. The summed E-state index contributed by atoms with van der Waals surface area (Å²) in [7, 11) is 0.504. The van der Waals surface area contributed by atoms with Crippen LogP contribution >= 0.6 is 0 Å². The van der Waals surface area contributed by atoms with Crippen LogP contribution in [0, 0.1) is 0 Å². The van der Waals surface area contributed by atoms with E-state index >= 15 is 0 Å². The molecule has 0 heterocycles. The van der Waals surface area contributed by atoms with Crippen molar-refractivity contribution in [1.29, 1.82) is 0 Å². The minimum atomic E-state index is -3.87. The van der Waals surface area contributed by atoms with Crippen LogP contribution < -0.4 is 19.5 Å². The molecule has 0 fully saturated rings. The highest BCUT2D eigenvalue weighted by Gasteiger charge is 2.23. The number of carbonyl (C=O) groups is 1. The molecule has 0 saturated carbocycles. The summed E-state index contributed by atoms with van der Waals surface area (Å²) in [6.45, 7) is 2.11. The Kier molecular flexibility index (Phi) is 7.27. The van der Waals surface area contributed by atoms with Gasteiger partial charge in [0, 0.05) is 19.7 Å². The fraction of sp³-hybridized carbons (Fsp3) is 0.500. The predicted octanol–water partition coefficient (Wildman–Crippen LogP) is 0.133. The molecule has 23 heavy (non-hydrogen) atoms. The number of rotatable bonds is 9. The number of nitrogens with one attached hydrogen (secondary N) is 2. The molecule has 0 spiro atoms. The maximum atomic E-state index is 12.3. The van der Waals surface area contributed by atoms with E-state index < -0.39 is 22.0 Å². The molecule has 0 radical (unpaired) electrons. The number of sulfonamides is 1. The van der Waals surface area contributed by atoms with E-state index in [2.05, 4.69) is 10.0 Å². The summed E-state index contributed by atoms with van der Waals surface area (Å²) in [5.41, 5.74) is 0. The van der Waals surface area contributed by atoms with Crippen LogP contribution in [0.2, 0.25) is 0 Å². The van der Waals surface area contributed by atoms with Gasteiger partial charge in [0.25, 0.3) is 0 Å². The average molecular weight is 346 g/mol.